The zero-order chi connectivity index (χ0) is 16.2. The minimum absolute atomic E-state index is 0. The minimum Gasteiger partial charge on any atom is -0.351 e. The van der Waals surface area contributed by atoms with Gasteiger partial charge < -0.3 is 10.6 Å². The molecule has 2 N–H and O–H groups in total. The number of nitrogens with one attached hydrogen (secondary N) is 2. The Labute approximate surface area is 146 Å². The van der Waals surface area contributed by atoms with Crippen molar-refractivity contribution < 1.29 is 9.72 Å². The molecule has 1 fully saturated rings. The second kappa shape index (κ2) is 8.52. The number of carbonyl (C=O) groups is 1. The Balaban J connectivity index is 0.00000264. The summed E-state index contributed by atoms with van der Waals surface area (Å²) in [5.74, 6) is -0.373. The third-order valence-electron chi connectivity index (χ3n) is 4.13. The number of nitro benzene ring substituents is 1. The van der Waals surface area contributed by atoms with E-state index in [4.69, 9.17) is 0 Å². The largest absolute Gasteiger partial charge is 0.351 e. The minimum atomic E-state index is -0.509. The number of hydrogen-bond donors (Lipinski definition) is 2. The van der Waals surface area contributed by atoms with Gasteiger partial charge in [0.2, 0.25) is 0 Å². The first-order chi connectivity index (χ1) is 10.4. The molecule has 23 heavy (non-hydrogen) atoms. The highest BCUT2D eigenvalue weighted by Gasteiger charge is 2.28. The van der Waals surface area contributed by atoms with Gasteiger partial charge >= 0.3 is 0 Å². The average molecular weight is 360 g/mol. The number of nitrogens with zero attached hydrogens (tertiary/aromatic N) is 1. The smallest absolute Gasteiger partial charge is 0.282 e. The van der Waals surface area contributed by atoms with Gasteiger partial charge in [-0.3, -0.25) is 14.9 Å². The lowest BCUT2D eigenvalue weighted by molar-refractivity contribution is -0.385. The van der Waals surface area contributed by atoms with Crippen molar-refractivity contribution in [1.82, 2.24) is 10.6 Å². The summed E-state index contributed by atoms with van der Waals surface area (Å²) in [6.45, 7) is 4.55. The highest BCUT2D eigenvalue weighted by atomic mass is 35.5. The molecule has 2 rings (SSSR count). The normalized spacial score (nSPS) is 16.3. The molecular weight excluding hydrogens is 338 g/mol. The Morgan fingerprint density at radius 2 is 2.09 bits per heavy atom. The van der Waals surface area contributed by atoms with Crippen LogP contribution in [0.25, 0.3) is 0 Å². The van der Waals surface area contributed by atoms with E-state index >= 15 is 0 Å². The van der Waals surface area contributed by atoms with E-state index in [2.05, 4.69) is 17.6 Å². The lowest BCUT2D eigenvalue weighted by atomic mass is 9.81. The van der Waals surface area contributed by atoms with Crippen molar-refractivity contribution in [3.63, 3.8) is 0 Å². The number of nitro groups is 1. The van der Waals surface area contributed by atoms with Gasteiger partial charge in [-0.15, -0.1) is 24.2 Å². The highest BCUT2D eigenvalue weighted by molar-refractivity contribution is 7.98. The number of piperidine rings is 1. The molecule has 0 bridgehead atoms. The standard InChI is InChI=1S/C15H21N3O3S.ClH/c1-15(5-7-16-8-6-15)10-17-14(19)12-9-11(22-2)3-4-13(12)18(20)21;/h3-4,9,16H,5-8,10H2,1-2H3,(H,17,19);1H. The molecule has 1 amide bonds. The summed E-state index contributed by atoms with van der Waals surface area (Å²) in [6.07, 6.45) is 3.85. The second-order valence-electron chi connectivity index (χ2n) is 5.88. The fourth-order valence-corrected chi connectivity index (χ4v) is 3.02. The summed E-state index contributed by atoms with van der Waals surface area (Å²) >= 11 is 1.46. The molecule has 1 aromatic carbocycles. The Morgan fingerprint density at radius 3 is 2.65 bits per heavy atom. The Kier molecular flexibility index (Phi) is 7.31. The van der Waals surface area contributed by atoms with E-state index in [9.17, 15) is 14.9 Å². The van der Waals surface area contributed by atoms with Crippen LogP contribution < -0.4 is 10.6 Å². The lowest BCUT2D eigenvalue weighted by Gasteiger charge is -2.34. The summed E-state index contributed by atoms with van der Waals surface area (Å²) in [7, 11) is 0. The molecule has 1 aromatic rings. The maximum atomic E-state index is 12.4. The maximum Gasteiger partial charge on any atom is 0.282 e. The summed E-state index contributed by atoms with van der Waals surface area (Å²) in [4.78, 5) is 23.8. The average Bonchev–Trinajstić information content (AvgIpc) is 2.52. The first-order valence-corrected chi connectivity index (χ1v) is 8.49. The third-order valence-corrected chi connectivity index (χ3v) is 4.86. The van der Waals surface area contributed by atoms with Crippen LogP contribution in [0.4, 0.5) is 5.69 Å². The molecule has 1 heterocycles. The zero-order valence-corrected chi connectivity index (χ0v) is 14.9. The fraction of sp³-hybridized carbons (Fsp3) is 0.533. The second-order valence-corrected chi connectivity index (χ2v) is 6.76. The summed E-state index contributed by atoms with van der Waals surface area (Å²) < 4.78 is 0. The molecule has 1 aliphatic heterocycles. The summed E-state index contributed by atoms with van der Waals surface area (Å²) in [5, 5.41) is 17.3. The molecule has 0 radical (unpaired) electrons. The van der Waals surface area contributed by atoms with E-state index in [1.165, 1.54) is 17.8 Å². The van der Waals surface area contributed by atoms with Gasteiger partial charge in [0.15, 0.2) is 0 Å². The van der Waals surface area contributed by atoms with Crippen LogP contribution in [-0.2, 0) is 0 Å². The number of halogens is 1. The van der Waals surface area contributed by atoms with Crippen LogP contribution in [0.2, 0.25) is 0 Å². The van der Waals surface area contributed by atoms with Crippen molar-refractivity contribution >= 4 is 35.8 Å². The van der Waals surface area contributed by atoms with Crippen LogP contribution in [-0.4, -0.2) is 36.7 Å². The van der Waals surface area contributed by atoms with Gasteiger partial charge in [-0.25, -0.2) is 0 Å². The molecule has 8 heteroatoms. The molecule has 0 aliphatic carbocycles. The van der Waals surface area contributed by atoms with Crippen molar-refractivity contribution in [2.75, 3.05) is 25.9 Å². The monoisotopic (exact) mass is 359 g/mol. The van der Waals surface area contributed by atoms with Crippen LogP contribution in [0.15, 0.2) is 23.1 Å². The predicted molar refractivity (Wildman–Crippen MR) is 94.7 cm³/mol. The first kappa shape index (κ1) is 19.7. The van der Waals surface area contributed by atoms with Crippen LogP contribution in [0.3, 0.4) is 0 Å². The SMILES string of the molecule is CSc1ccc([N+](=O)[O-])c(C(=O)NCC2(C)CCNCC2)c1.Cl. The van der Waals surface area contributed by atoms with Crippen LogP contribution in [0, 0.1) is 15.5 Å². The van der Waals surface area contributed by atoms with Crippen molar-refractivity contribution in [3.8, 4) is 0 Å². The van der Waals surface area contributed by atoms with E-state index < -0.39 is 4.92 Å². The lowest BCUT2D eigenvalue weighted by Crippen LogP contribution is -2.43. The van der Waals surface area contributed by atoms with Gasteiger partial charge in [-0.05, 0) is 49.7 Å². The molecule has 0 saturated carbocycles. The van der Waals surface area contributed by atoms with Crippen molar-refractivity contribution in [3.05, 3.63) is 33.9 Å². The molecule has 6 nitrogen and oxygen atoms in total. The number of thioether (sulfide) groups is 1. The summed E-state index contributed by atoms with van der Waals surface area (Å²) in [5.41, 5.74) is 0.0347. The quantitative estimate of drug-likeness (QED) is 0.479. The zero-order valence-electron chi connectivity index (χ0n) is 13.3. The van der Waals surface area contributed by atoms with E-state index in [0.29, 0.717) is 6.54 Å². The molecular formula is C15H22ClN3O3S. The number of amides is 1. The van der Waals surface area contributed by atoms with Gasteiger partial charge in [0.05, 0.1) is 4.92 Å². The molecule has 0 atom stereocenters. The van der Waals surface area contributed by atoms with Gasteiger partial charge in [-0.1, -0.05) is 6.92 Å². The third kappa shape index (κ3) is 5.09. The van der Waals surface area contributed by atoms with E-state index in [1.54, 1.807) is 12.1 Å². The maximum absolute atomic E-state index is 12.4. The number of carbonyl (C=O) groups excluding carboxylic acids is 1. The van der Waals surface area contributed by atoms with Crippen molar-refractivity contribution in [2.24, 2.45) is 5.41 Å². The Hall–Kier alpha value is -1.31. The fourth-order valence-electron chi connectivity index (χ4n) is 2.58. The van der Waals surface area contributed by atoms with Gasteiger partial charge in [0, 0.05) is 17.5 Å². The van der Waals surface area contributed by atoms with E-state index in [1.807, 2.05) is 6.26 Å². The van der Waals surface area contributed by atoms with Crippen molar-refractivity contribution in [1.29, 1.82) is 0 Å². The Morgan fingerprint density at radius 1 is 1.43 bits per heavy atom. The van der Waals surface area contributed by atoms with Gasteiger partial charge in [0.25, 0.3) is 11.6 Å². The molecule has 0 spiro atoms. The van der Waals surface area contributed by atoms with Crippen LogP contribution in [0.1, 0.15) is 30.1 Å². The van der Waals surface area contributed by atoms with Gasteiger partial charge in [0.1, 0.15) is 5.56 Å². The van der Waals surface area contributed by atoms with E-state index in [-0.39, 0.29) is 35.0 Å². The topological polar surface area (TPSA) is 84.3 Å². The Bertz CT molecular complexity index is 577. The highest BCUT2D eigenvalue weighted by Crippen LogP contribution is 2.28. The van der Waals surface area contributed by atoms with E-state index in [0.717, 1.165) is 30.8 Å². The van der Waals surface area contributed by atoms with Crippen LogP contribution in [0.5, 0.6) is 0 Å². The molecule has 128 valence electrons. The first-order valence-electron chi connectivity index (χ1n) is 7.26. The number of benzene rings is 1. The van der Waals surface area contributed by atoms with Gasteiger partial charge in [-0.2, -0.15) is 0 Å². The molecule has 0 aromatic heterocycles. The van der Waals surface area contributed by atoms with Crippen LogP contribution >= 0.6 is 24.2 Å². The number of hydrogen-bond acceptors (Lipinski definition) is 5. The summed E-state index contributed by atoms with van der Waals surface area (Å²) in [6, 6.07) is 4.64. The molecule has 0 unspecified atom stereocenters. The molecule has 1 saturated heterocycles. The predicted octanol–water partition coefficient (Wildman–Crippen LogP) is 2.86. The van der Waals surface area contributed by atoms with Crippen molar-refractivity contribution in [2.45, 2.75) is 24.7 Å². The molecule has 1 aliphatic rings. The number of rotatable bonds is 5.